The quantitative estimate of drug-likeness (QED) is 0.783. The largest absolute Gasteiger partial charge is 0.504 e. The van der Waals surface area contributed by atoms with Gasteiger partial charge < -0.3 is 10.2 Å². The molecule has 0 bridgehead atoms. The van der Waals surface area contributed by atoms with E-state index in [1.807, 2.05) is 6.92 Å². The first-order chi connectivity index (χ1) is 4.75. The predicted octanol–water partition coefficient (Wildman–Crippen LogP) is 2.82. The Morgan fingerprint density at radius 3 is 2.17 bits per heavy atom. The minimum absolute atomic E-state index is 0. The second-order valence-corrected chi connectivity index (χ2v) is 2.14. The van der Waals surface area contributed by atoms with Gasteiger partial charge in [-0.1, -0.05) is 19.1 Å². The molecule has 0 heterocycles. The van der Waals surface area contributed by atoms with Crippen molar-refractivity contribution < 1.29 is 10.2 Å². The molecule has 0 atom stereocenters. The van der Waals surface area contributed by atoms with E-state index in [2.05, 4.69) is 0 Å². The highest BCUT2D eigenvalue weighted by Crippen LogP contribution is 2.27. The fourth-order valence-electron chi connectivity index (χ4n) is 0.863. The van der Waals surface area contributed by atoms with Gasteiger partial charge in [-0.25, -0.2) is 0 Å². The van der Waals surface area contributed by atoms with E-state index in [1.165, 1.54) is 6.07 Å². The number of para-hydroxylation sites is 1. The summed E-state index contributed by atoms with van der Waals surface area (Å²) >= 11 is 0. The smallest absolute Gasteiger partial charge is 0.160 e. The average molecular weight is 300 g/mol. The van der Waals surface area contributed by atoms with Gasteiger partial charge in [-0.3, -0.25) is 0 Å². The second kappa shape index (κ2) is 6.31. The molecule has 2 N–H and O–H groups in total. The van der Waals surface area contributed by atoms with Crippen LogP contribution in [0.2, 0.25) is 0 Å². The molecular weight excluding hydrogens is 288 g/mol. The third-order valence-corrected chi connectivity index (χ3v) is 1.48. The van der Waals surface area contributed by atoms with Crippen molar-refractivity contribution in [1.82, 2.24) is 0 Å². The van der Waals surface area contributed by atoms with Crippen LogP contribution in [0.25, 0.3) is 0 Å². The molecule has 0 saturated carbocycles. The molecule has 0 radical (unpaired) electrons. The average Bonchev–Trinajstić information content (AvgIpc) is 1.95. The van der Waals surface area contributed by atoms with E-state index in [0.717, 1.165) is 12.0 Å². The lowest BCUT2D eigenvalue weighted by atomic mass is 10.1. The summed E-state index contributed by atoms with van der Waals surface area (Å²) in [5.41, 5.74) is 0.778. The Balaban J connectivity index is 0. The minimum Gasteiger partial charge on any atom is -0.504 e. The summed E-state index contributed by atoms with van der Waals surface area (Å²) in [5, 5.41) is 18.1. The standard InChI is InChI=1S/C8H10O2.2BrH/c1-2-6-4-3-5-7(9)8(6)10;;/h3-5,9-10H,2H2,1H3;2*1H. The van der Waals surface area contributed by atoms with E-state index in [4.69, 9.17) is 10.2 Å². The van der Waals surface area contributed by atoms with Crippen molar-refractivity contribution in [3.8, 4) is 11.5 Å². The van der Waals surface area contributed by atoms with Crippen molar-refractivity contribution in [1.29, 1.82) is 0 Å². The van der Waals surface area contributed by atoms with Crippen LogP contribution in [0.3, 0.4) is 0 Å². The van der Waals surface area contributed by atoms with Crippen molar-refractivity contribution in [2.75, 3.05) is 0 Å². The maximum absolute atomic E-state index is 9.15. The van der Waals surface area contributed by atoms with Crippen LogP contribution in [0.1, 0.15) is 12.5 Å². The number of aryl methyl sites for hydroxylation is 1. The molecule has 2 nitrogen and oxygen atoms in total. The van der Waals surface area contributed by atoms with Crippen LogP contribution < -0.4 is 0 Å². The highest BCUT2D eigenvalue weighted by molar-refractivity contribution is 8.93. The van der Waals surface area contributed by atoms with Gasteiger partial charge in [0.25, 0.3) is 0 Å². The fourth-order valence-corrected chi connectivity index (χ4v) is 0.863. The Morgan fingerprint density at radius 2 is 1.75 bits per heavy atom. The van der Waals surface area contributed by atoms with Crippen LogP contribution in [0, 0.1) is 0 Å². The summed E-state index contributed by atoms with van der Waals surface area (Å²) in [4.78, 5) is 0. The predicted molar refractivity (Wildman–Crippen MR) is 59.8 cm³/mol. The van der Waals surface area contributed by atoms with Gasteiger partial charge in [-0.2, -0.15) is 0 Å². The van der Waals surface area contributed by atoms with Gasteiger partial charge in [0, 0.05) is 0 Å². The maximum atomic E-state index is 9.15. The number of phenolic OH excluding ortho intramolecular Hbond substituents is 2. The number of aromatic hydroxyl groups is 2. The van der Waals surface area contributed by atoms with Crippen LogP contribution in [0.4, 0.5) is 0 Å². The monoisotopic (exact) mass is 298 g/mol. The lowest BCUT2D eigenvalue weighted by molar-refractivity contribution is 0.400. The highest BCUT2D eigenvalue weighted by Gasteiger charge is 2.01. The highest BCUT2D eigenvalue weighted by atomic mass is 79.9. The topological polar surface area (TPSA) is 40.5 Å². The van der Waals surface area contributed by atoms with Crippen molar-refractivity contribution in [3.05, 3.63) is 23.8 Å². The van der Waals surface area contributed by atoms with E-state index < -0.39 is 0 Å². The first kappa shape index (κ1) is 14.3. The zero-order chi connectivity index (χ0) is 7.56. The summed E-state index contributed by atoms with van der Waals surface area (Å²) in [5.74, 6) is -0.0376. The van der Waals surface area contributed by atoms with E-state index in [0.29, 0.717) is 0 Å². The van der Waals surface area contributed by atoms with Gasteiger partial charge in [0.15, 0.2) is 11.5 Å². The van der Waals surface area contributed by atoms with Gasteiger partial charge >= 0.3 is 0 Å². The van der Waals surface area contributed by atoms with Gasteiger partial charge in [-0.05, 0) is 18.1 Å². The summed E-state index contributed by atoms with van der Waals surface area (Å²) in [6.45, 7) is 1.93. The van der Waals surface area contributed by atoms with Gasteiger partial charge in [-0.15, -0.1) is 34.0 Å². The molecule has 0 aliphatic heterocycles. The molecule has 0 unspecified atom stereocenters. The van der Waals surface area contributed by atoms with E-state index >= 15 is 0 Å². The molecule has 12 heavy (non-hydrogen) atoms. The Morgan fingerprint density at radius 1 is 1.17 bits per heavy atom. The third-order valence-electron chi connectivity index (χ3n) is 1.48. The molecule has 1 aromatic rings. The van der Waals surface area contributed by atoms with Crippen LogP contribution >= 0.6 is 34.0 Å². The molecule has 4 heteroatoms. The van der Waals surface area contributed by atoms with E-state index in [9.17, 15) is 0 Å². The molecule has 0 amide bonds. The number of rotatable bonds is 1. The number of hydrogen-bond acceptors (Lipinski definition) is 2. The molecule has 0 aromatic heterocycles. The lowest BCUT2D eigenvalue weighted by Gasteiger charge is -2.01. The van der Waals surface area contributed by atoms with Crippen LogP contribution in [0.5, 0.6) is 11.5 Å². The van der Waals surface area contributed by atoms with Gasteiger partial charge in [0.05, 0.1) is 0 Å². The molecule has 1 aromatic carbocycles. The summed E-state index contributed by atoms with van der Waals surface area (Å²) < 4.78 is 0. The maximum Gasteiger partial charge on any atom is 0.160 e. The number of halogens is 2. The Kier molecular flexibility index (Phi) is 7.53. The summed E-state index contributed by atoms with van der Waals surface area (Å²) in [6, 6.07) is 4.97. The van der Waals surface area contributed by atoms with Crippen molar-refractivity contribution in [2.45, 2.75) is 13.3 Å². The number of benzene rings is 1. The van der Waals surface area contributed by atoms with Crippen molar-refractivity contribution in [2.24, 2.45) is 0 Å². The zero-order valence-electron chi connectivity index (χ0n) is 6.65. The Hall–Kier alpha value is -0.220. The van der Waals surface area contributed by atoms with Crippen molar-refractivity contribution >= 4 is 34.0 Å². The minimum atomic E-state index is -0.0423. The molecule has 0 spiro atoms. The normalized spacial score (nSPS) is 8.08. The number of phenols is 2. The first-order valence-corrected chi connectivity index (χ1v) is 3.25. The molecule has 1 rings (SSSR count). The van der Waals surface area contributed by atoms with E-state index in [1.54, 1.807) is 12.1 Å². The SMILES string of the molecule is Br.Br.CCc1cccc(O)c1O. The zero-order valence-corrected chi connectivity index (χ0v) is 10.1. The fraction of sp³-hybridized carbons (Fsp3) is 0.250. The third kappa shape index (κ3) is 3.03. The van der Waals surface area contributed by atoms with E-state index in [-0.39, 0.29) is 45.5 Å². The van der Waals surface area contributed by atoms with Gasteiger partial charge in [0.2, 0.25) is 0 Å². The molecule has 0 fully saturated rings. The molecule has 0 aliphatic rings. The number of hydrogen-bond donors (Lipinski definition) is 2. The van der Waals surface area contributed by atoms with Crippen LogP contribution in [-0.4, -0.2) is 10.2 Å². The van der Waals surface area contributed by atoms with Crippen LogP contribution in [-0.2, 0) is 6.42 Å². The molecule has 70 valence electrons. The first-order valence-electron chi connectivity index (χ1n) is 3.25. The molecule has 0 saturated heterocycles. The summed E-state index contributed by atoms with van der Waals surface area (Å²) in [6.07, 6.45) is 0.736. The van der Waals surface area contributed by atoms with Crippen molar-refractivity contribution in [3.63, 3.8) is 0 Å². The van der Waals surface area contributed by atoms with Gasteiger partial charge in [0.1, 0.15) is 0 Å². The van der Waals surface area contributed by atoms with Crippen LogP contribution in [0.15, 0.2) is 18.2 Å². The Bertz CT molecular complexity index is 238. The summed E-state index contributed by atoms with van der Waals surface area (Å²) in [7, 11) is 0. The lowest BCUT2D eigenvalue weighted by Crippen LogP contribution is -1.79. The second-order valence-electron chi connectivity index (χ2n) is 2.14. The Labute approximate surface area is 92.8 Å². The molecule has 0 aliphatic carbocycles. The molecular formula is C8H12Br2O2.